The normalized spacial score (nSPS) is 11.2. The standard InChI is InChI=1S/C13H6Cl2O3/c14-6-1-2-11-8(3-6)9-4-7(15)5-10(13(16)17)12(9)18-11/h1-5H,(H,16,17). The van der Waals surface area contributed by atoms with Crippen molar-refractivity contribution >= 4 is 51.1 Å². The van der Waals surface area contributed by atoms with Gasteiger partial charge in [0.1, 0.15) is 16.7 Å². The molecule has 0 aliphatic rings. The summed E-state index contributed by atoms with van der Waals surface area (Å²) in [5.41, 5.74) is 0.938. The second kappa shape index (κ2) is 3.90. The average Bonchev–Trinajstić information content (AvgIpc) is 2.66. The Kier molecular flexibility index (Phi) is 2.47. The lowest BCUT2D eigenvalue weighted by Crippen LogP contribution is -1.96. The van der Waals surface area contributed by atoms with Gasteiger partial charge in [-0.25, -0.2) is 4.79 Å². The predicted octanol–water partition coefficient (Wildman–Crippen LogP) is 4.59. The molecule has 2 aromatic carbocycles. The lowest BCUT2D eigenvalue weighted by molar-refractivity contribution is 0.0698. The highest BCUT2D eigenvalue weighted by molar-refractivity contribution is 6.33. The van der Waals surface area contributed by atoms with E-state index in [1.54, 1.807) is 24.3 Å². The number of hydrogen-bond acceptors (Lipinski definition) is 2. The fraction of sp³-hybridized carbons (Fsp3) is 0. The third kappa shape index (κ3) is 1.64. The van der Waals surface area contributed by atoms with Gasteiger partial charge in [0.25, 0.3) is 0 Å². The van der Waals surface area contributed by atoms with Crippen LogP contribution in [0.5, 0.6) is 0 Å². The monoisotopic (exact) mass is 280 g/mol. The minimum absolute atomic E-state index is 0.0461. The number of fused-ring (bicyclic) bond motifs is 3. The van der Waals surface area contributed by atoms with E-state index in [-0.39, 0.29) is 5.56 Å². The molecular weight excluding hydrogens is 275 g/mol. The van der Waals surface area contributed by atoms with Crippen molar-refractivity contribution in [3.05, 3.63) is 45.9 Å². The van der Waals surface area contributed by atoms with Crippen molar-refractivity contribution in [2.24, 2.45) is 0 Å². The van der Waals surface area contributed by atoms with Crippen molar-refractivity contribution in [3.8, 4) is 0 Å². The van der Waals surface area contributed by atoms with Gasteiger partial charge in [-0.3, -0.25) is 0 Å². The first-order chi connectivity index (χ1) is 8.56. The summed E-state index contributed by atoms with van der Waals surface area (Å²) >= 11 is 11.9. The molecule has 0 unspecified atom stereocenters. The highest BCUT2D eigenvalue weighted by Gasteiger charge is 2.16. The number of furan rings is 1. The Balaban J connectivity index is 2.54. The number of carboxylic acid groups (broad SMARTS) is 1. The van der Waals surface area contributed by atoms with E-state index in [0.717, 1.165) is 5.39 Å². The summed E-state index contributed by atoms with van der Waals surface area (Å²) in [4.78, 5) is 11.2. The Morgan fingerprint density at radius 2 is 1.78 bits per heavy atom. The molecule has 3 rings (SSSR count). The molecule has 0 amide bonds. The van der Waals surface area contributed by atoms with Crippen molar-refractivity contribution in [1.82, 2.24) is 0 Å². The molecule has 1 heterocycles. The Morgan fingerprint density at radius 1 is 1.06 bits per heavy atom. The fourth-order valence-corrected chi connectivity index (χ4v) is 2.36. The molecule has 90 valence electrons. The van der Waals surface area contributed by atoms with Gasteiger partial charge in [-0.05, 0) is 30.3 Å². The molecule has 0 saturated carbocycles. The van der Waals surface area contributed by atoms with Crippen LogP contribution in [0.4, 0.5) is 0 Å². The van der Waals surface area contributed by atoms with Gasteiger partial charge in [0.05, 0.1) is 0 Å². The minimum atomic E-state index is -1.08. The summed E-state index contributed by atoms with van der Waals surface area (Å²) < 4.78 is 5.56. The Labute approximate surface area is 112 Å². The van der Waals surface area contributed by atoms with Crippen LogP contribution in [0.2, 0.25) is 10.0 Å². The van der Waals surface area contributed by atoms with Crippen LogP contribution in [0.3, 0.4) is 0 Å². The zero-order chi connectivity index (χ0) is 12.9. The van der Waals surface area contributed by atoms with Crippen molar-refractivity contribution in [2.75, 3.05) is 0 Å². The number of rotatable bonds is 1. The first-order valence-corrected chi connectivity index (χ1v) is 5.86. The largest absolute Gasteiger partial charge is 0.478 e. The minimum Gasteiger partial charge on any atom is -0.478 e. The summed E-state index contributed by atoms with van der Waals surface area (Å²) in [6, 6.07) is 8.16. The van der Waals surface area contributed by atoms with Crippen molar-refractivity contribution < 1.29 is 14.3 Å². The maximum Gasteiger partial charge on any atom is 0.339 e. The zero-order valence-corrected chi connectivity index (χ0v) is 10.4. The summed E-state index contributed by atoms with van der Waals surface area (Å²) in [6.45, 7) is 0. The van der Waals surface area contributed by atoms with E-state index < -0.39 is 5.97 Å². The van der Waals surface area contributed by atoms with E-state index in [0.29, 0.717) is 26.6 Å². The lowest BCUT2D eigenvalue weighted by atomic mass is 10.1. The van der Waals surface area contributed by atoms with Gasteiger partial charge < -0.3 is 9.52 Å². The molecule has 0 fully saturated rings. The number of benzene rings is 2. The van der Waals surface area contributed by atoms with Crippen LogP contribution in [0.25, 0.3) is 21.9 Å². The maximum absolute atomic E-state index is 11.2. The summed E-state index contributed by atoms with van der Waals surface area (Å²) in [6.07, 6.45) is 0. The highest BCUT2D eigenvalue weighted by atomic mass is 35.5. The number of carboxylic acids is 1. The topological polar surface area (TPSA) is 50.4 Å². The van der Waals surface area contributed by atoms with Gasteiger partial charge in [-0.2, -0.15) is 0 Å². The molecule has 3 nitrogen and oxygen atoms in total. The van der Waals surface area contributed by atoms with Gasteiger partial charge in [-0.1, -0.05) is 23.2 Å². The molecular formula is C13H6Cl2O3. The van der Waals surface area contributed by atoms with Gasteiger partial charge in [0.2, 0.25) is 0 Å². The first-order valence-electron chi connectivity index (χ1n) is 5.11. The van der Waals surface area contributed by atoms with E-state index in [2.05, 4.69) is 0 Å². The Morgan fingerprint density at radius 3 is 2.50 bits per heavy atom. The molecule has 0 radical (unpaired) electrons. The molecule has 0 bridgehead atoms. The van der Waals surface area contributed by atoms with Crippen molar-refractivity contribution in [2.45, 2.75) is 0 Å². The van der Waals surface area contributed by atoms with Crippen LogP contribution in [-0.2, 0) is 0 Å². The lowest BCUT2D eigenvalue weighted by Gasteiger charge is -1.97. The summed E-state index contributed by atoms with van der Waals surface area (Å²) in [5.74, 6) is -1.08. The number of aromatic carboxylic acids is 1. The van der Waals surface area contributed by atoms with Gasteiger partial charge in [0.15, 0.2) is 0 Å². The van der Waals surface area contributed by atoms with E-state index in [9.17, 15) is 4.79 Å². The molecule has 0 aliphatic carbocycles. The van der Waals surface area contributed by atoms with Crippen LogP contribution in [0.1, 0.15) is 10.4 Å². The zero-order valence-electron chi connectivity index (χ0n) is 8.91. The number of halogens is 2. The molecule has 0 atom stereocenters. The third-order valence-electron chi connectivity index (χ3n) is 2.73. The second-order valence-corrected chi connectivity index (χ2v) is 4.75. The maximum atomic E-state index is 11.2. The first kappa shape index (κ1) is 11.4. The van der Waals surface area contributed by atoms with Gasteiger partial charge in [0, 0.05) is 20.8 Å². The Hall–Kier alpha value is -1.71. The summed E-state index contributed by atoms with van der Waals surface area (Å²) in [5, 5.41) is 11.5. The van der Waals surface area contributed by atoms with Crippen molar-refractivity contribution in [1.29, 1.82) is 0 Å². The van der Waals surface area contributed by atoms with Gasteiger partial charge >= 0.3 is 5.97 Å². The molecule has 1 aromatic heterocycles. The molecule has 1 N–H and O–H groups in total. The van der Waals surface area contributed by atoms with Crippen LogP contribution in [0.15, 0.2) is 34.7 Å². The average molecular weight is 281 g/mol. The fourth-order valence-electron chi connectivity index (χ4n) is 1.97. The summed E-state index contributed by atoms with van der Waals surface area (Å²) in [7, 11) is 0. The third-order valence-corrected chi connectivity index (χ3v) is 3.18. The molecule has 0 spiro atoms. The number of hydrogen-bond donors (Lipinski definition) is 1. The molecule has 5 heteroatoms. The Bertz CT molecular complexity index is 790. The van der Waals surface area contributed by atoms with E-state index in [1.165, 1.54) is 6.07 Å². The SMILES string of the molecule is O=C(O)c1cc(Cl)cc2c1oc1ccc(Cl)cc12. The van der Waals surface area contributed by atoms with Crippen LogP contribution >= 0.6 is 23.2 Å². The van der Waals surface area contributed by atoms with E-state index in [1.807, 2.05) is 0 Å². The van der Waals surface area contributed by atoms with E-state index in [4.69, 9.17) is 32.7 Å². The molecule has 0 aliphatic heterocycles. The predicted molar refractivity (Wildman–Crippen MR) is 70.7 cm³/mol. The van der Waals surface area contributed by atoms with Crippen molar-refractivity contribution in [3.63, 3.8) is 0 Å². The highest BCUT2D eigenvalue weighted by Crippen LogP contribution is 2.34. The molecule has 0 saturated heterocycles. The smallest absolute Gasteiger partial charge is 0.339 e. The van der Waals surface area contributed by atoms with Crippen LogP contribution < -0.4 is 0 Å². The van der Waals surface area contributed by atoms with E-state index >= 15 is 0 Å². The molecule has 18 heavy (non-hydrogen) atoms. The molecule has 3 aromatic rings. The van der Waals surface area contributed by atoms with Crippen LogP contribution in [0, 0.1) is 0 Å². The second-order valence-electron chi connectivity index (χ2n) is 3.88. The quantitative estimate of drug-likeness (QED) is 0.709. The van der Waals surface area contributed by atoms with Crippen LogP contribution in [-0.4, -0.2) is 11.1 Å². The van der Waals surface area contributed by atoms with Gasteiger partial charge in [-0.15, -0.1) is 0 Å². The number of carbonyl (C=O) groups is 1.